The summed E-state index contributed by atoms with van der Waals surface area (Å²) in [5.74, 6) is -0.00684. The van der Waals surface area contributed by atoms with Crippen molar-refractivity contribution in [2.24, 2.45) is 0 Å². The van der Waals surface area contributed by atoms with E-state index in [1.165, 1.54) is 11.1 Å². The largest absolute Gasteiger partial charge is 0.383 e. The lowest BCUT2D eigenvalue weighted by atomic mass is 10.1. The number of aromatic nitrogens is 1. The van der Waals surface area contributed by atoms with Crippen molar-refractivity contribution >= 4 is 21.8 Å². The Balaban J connectivity index is 1.80. The highest BCUT2D eigenvalue weighted by Gasteiger charge is 2.19. The van der Waals surface area contributed by atoms with E-state index < -0.39 is 0 Å². The molecule has 0 fully saturated rings. The molecule has 0 saturated carbocycles. The first-order chi connectivity index (χ1) is 13.6. The summed E-state index contributed by atoms with van der Waals surface area (Å²) in [5, 5.41) is 0. The molecule has 3 aromatic rings. The summed E-state index contributed by atoms with van der Waals surface area (Å²) in [6.45, 7) is 4.43. The third-order valence-electron chi connectivity index (χ3n) is 4.71. The normalized spacial score (nSPS) is 10.8. The molecule has 0 aliphatic rings. The van der Waals surface area contributed by atoms with Crippen LogP contribution in [-0.2, 0) is 17.8 Å². The van der Waals surface area contributed by atoms with Gasteiger partial charge in [-0.05, 0) is 52.7 Å². The number of aryl methyl sites for hydroxylation is 1. The number of hydrogen-bond donors (Lipinski definition) is 0. The highest BCUT2D eigenvalue weighted by atomic mass is 79.9. The van der Waals surface area contributed by atoms with E-state index in [-0.39, 0.29) is 5.91 Å². The van der Waals surface area contributed by atoms with Crippen molar-refractivity contribution in [3.63, 3.8) is 0 Å². The van der Waals surface area contributed by atoms with Crippen LogP contribution < -0.4 is 0 Å². The van der Waals surface area contributed by atoms with Crippen LogP contribution in [0.3, 0.4) is 0 Å². The van der Waals surface area contributed by atoms with Gasteiger partial charge in [0.15, 0.2) is 0 Å². The van der Waals surface area contributed by atoms with E-state index >= 15 is 0 Å². The van der Waals surface area contributed by atoms with Crippen molar-refractivity contribution in [2.75, 3.05) is 20.3 Å². The van der Waals surface area contributed by atoms with E-state index in [2.05, 4.69) is 63.9 Å². The quantitative estimate of drug-likeness (QED) is 0.499. The van der Waals surface area contributed by atoms with Gasteiger partial charge in [0.1, 0.15) is 0 Å². The van der Waals surface area contributed by atoms with Gasteiger partial charge in [-0.25, -0.2) is 0 Å². The van der Waals surface area contributed by atoms with Gasteiger partial charge in [0.05, 0.1) is 18.7 Å². The molecule has 1 aromatic heterocycles. The summed E-state index contributed by atoms with van der Waals surface area (Å²) in [7, 11) is 1.65. The van der Waals surface area contributed by atoms with Crippen molar-refractivity contribution in [3.05, 3.63) is 93.7 Å². The first kappa shape index (κ1) is 20.4. The Kier molecular flexibility index (Phi) is 7.06. The molecule has 0 saturated heterocycles. The van der Waals surface area contributed by atoms with Crippen LogP contribution in [0.25, 0.3) is 0 Å². The lowest BCUT2D eigenvalue weighted by Crippen LogP contribution is -2.34. The average Bonchev–Trinajstić information content (AvgIpc) is 3.13. The number of benzene rings is 2. The van der Waals surface area contributed by atoms with Crippen LogP contribution in [0.5, 0.6) is 0 Å². The maximum atomic E-state index is 13.1. The number of methoxy groups -OCH3 is 1. The minimum atomic E-state index is -0.00684. The predicted molar refractivity (Wildman–Crippen MR) is 115 cm³/mol. The van der Waals surface area contributed by atoms with Gasteiger partial charge in [-0.2, -0.15) is 0 Å². The summed E-state index contributed by atoms with van der Waals surface area (Å²) >= 11 is 3.49. The SMILES string of the molecule is COCCN(Cc1cccn1Cc1ccc(C)cc1)C(=O)c1ccccc1Br. The molecule has 4 nitrogen and oxygen atoms in total. The van der Waals surface area contributed by atoms with Crippen molar-refractivity contribution in [1.29, 1.82) is 0 Å². The van der Waals surface area contributed by atoms with Crippen LogP contribution >= 0.6 is 15.9 Å². The topological polar surface area (TPSA) is 34.5 Å². The van der Waals surface area contributed by atoms with Crippen molar-refractivity contribution in [2.45, 2.75) is 20.0 Å². The number of rotatable bonds is 8. The molecule has 146 valence electrons. The molecule has 0 spiro atoms. The molecule has 0 unspecified atom stereocenters. The van der Waals surface area contributed by atoms with Gasteiger partial charge in [0.25, 0.3) is 5.91 Å². The monoisotopic (exact) mass is 440 g/mol. The number of carbonyl (C=O) groups is 1. The summed E-state index contributed by atoms with van der Waals surface area (Å²) < 4.78 is 8.23. The molecule has 0 bridgehead atoms. The second kappa shape index (κ2) is 9.71. The molecule has 0 N–H and O–H groups in total. The fourth-order valence-corrected chi connectivity index (χ4v) is 3.55. The lowest BCUT2D eigenvalue weighted by molar-refractivity contribution is 0.0675. The Morgan fingerprint density at radius 3 is 2.54 bits per heavy atom. The minimum Gasteiger partial charge on any atom is -0.383 e. The standard InChI is InChI=1S/C23H25BrN2O2/c1-18-9-11-19(12-10-18)16-25-13-5-6-20(25)17-26(14-15-28-2)23(27)21-7-3-4-8-22(21)24/h3-13H,14-17H2,1-2H3. The third-order valence-corrected chi connectivity index (χ3v) is 5.40. The smallest absolute Gasteiger partial charge is 0.255 e. The number of nitrogens with zero attached hydrogens (tertiary/aromatic N) is 2. The van der Waals surface area contributed by atoms with Crippen molar-refractivity contribution in [3.8, 4) is 0 Å². The Morgan fingerprint density at radius 2 is 1.82 bits per heavy atom. The minimum absolute atomic E-state index is 0.00684. The maximum absolute atomic E-state index is 13.1. The highest BCUT2D eigenvalue weighted by molar-refractivity contribution is 9.10. The third kappa shape index (κ3) is 5.12. The van der Waals surface area contributed by atoms with E-state index in [1.807, 2.05) is 35.2 Å². The van der Waals surface area contributed by atoms with Gasteiger partial charge in [-0.15, -0.1) is 0 Å². The van der Waals surface area contributed by atoms with E-state index in [0.717, 1.165) is 16.7 Å². The van der Waals surface area contributed by atoms with Gasteiger partial charge in [-0.3, -0.25) is 4.79 Å². The molecule has 2 aromatic carbocycles. The van der Waals surface area contributed by atoms with Gasteiger partial charge >= 0.3 is 0 Å². The van der Waals surface area contributed by atoms with Crippen molar-refractivity contribution < 1.29 is 9.53 Å². The van der Waals surface area contributed by atoms with Gasteiger partial charge in [0, 0.05) is 36.6 Å². The summed E-state index contributed by atoms with van der Waals surface area (Å²) in [4.78, 5) is 15.0. The van der Waals surface area contributed by atoms with Crippen LogP contribution in [0.15, 0.2) is 71.3 Å². The molecule has 0 aliphatic heterocycles. The molecular formula is C23H25BrN2O2. The van der Waals surface area contributed by atoms with E-state index in [1.54, 1.807) is 7.11 Å². The zero-order valence-electron chi connectivity index (χ0n) is 16.3. The Bertz CT molecular complexity index is 918. The Labute approximate surface area is 174 Å². The van der Waals surface area contributed by atoms with Crippen LogP contribution in [0.4, 0.5) is 0 Å². The molecule has 0 radical (unpaired) electrons. The number of ether oxygens (including phenoxy) is 1. The predicted octanol–water partition coefficient (Wildman–Crippen LogP) is 4.90. The van der Waals surface area contributed by atoms with Crippen LogP contribution in [-0.4, -0.2) is 35.6 Å². The molecule has 0 atom stereocenters. The van der Waals surface area contributed by atoms with Gasteiger partial charge in [0.2, 0.25) is 0 Å². The van der Waals surface area contributed by atoms with Crippen LogP contribution in [0.2, 0.25) is 0 Å². The average molecular weight is 441 g/mol. The molecule has 1 amide bonds. The van der Waals surface area contributed by atoms with E-state index in [9.17, 15) is 4.79 Å². The summed E-state index contributed by atoms with van der Waals surface area (Å²) in [6, 6.07) is 20.2. The number of amides is 1. The molecule has 0 aliphatic carbocycles. The van der Waals surface area contributed by atoms with E-state index in [4.69, 9.17) is 4.74 Å². The Hall–Kier alpha value is -2.37. The second-order valence-corrected chi connectivity index (χ2v) is 7.67. The zero-order valence-corrected chi connectivity index (χ0v) is 17.9. The second-order valence-electron chi connectivity index (χ2n) is 6.81. The van der Waals surface area contributed by atoms with Crippen molar-refractivity contribution in [1.82, 2.24) is 9.47 Å². The zero-order chi connectivity index (χ0) is 19.9. The lowest BCUT2D eigenvalue weighted by Gasteiger charge is -2.24. The number of halogens is 1. The van der Waals surface area contributed by atoms with Gasteiger partial charge < -0.3 is 14.2 Å². The fourth-order valence-electron chi connectivity index (χ4n) is 3.09. The number of hydrogen-bond acceptors (Lipinski definition) is 2. The molecule has 3 rings (SSSR count). The number of carbonyl (C=O) groups excluding carboxylic acids is 1. The van der Waals surface area contributed by atoms with Crippen LogP contribution in [0.1, 0.15) is 27.2 Å². The maximum Gasteiger partial charge on any atom is 0.255 e. The first-order valence-electron chi connectivity index (χ1n) is 9.31. The van der Waals surface area contributed by atoms with E-state index in [0.29, 0.717) is 25.3 Å². The molecular weight excluding hydrogens is 416 g/mol. The molecule has 1 heterocycles. The highest BCUT2D eigenvalue weighted by Crippen LogP contribution is 2.20. The van der Waals surface area contributed by atoms with Crippen LogP contribution in [0, 0.1) is 6.92 Å². The molecule has 28 heavy (non-hydrogen) atoms. The Morgan fingerprint density at radius 1 is 1.07 bits per heavy atom. The van der Waals surface area contributed by atoms with Gasteiger partial charge in [-0.1, -0.05) is 42.0 Å². The summed E-state index contributed by atoms with van der Waals surface area (Å²) in [5.41, 5.74) is 4.25. The fraction of sp³-hybridized carbons (Fsp3) is 0.261. The summed E-state index contributed by atoms with van der Waals surface area (Å²) in [6.07, 6.45) is 2.06. The molecule has 5 heteroatoms. The first-order valence-corrected chi connectivity index (χ1v) is 10.1.